The van der Waals surface area contributed by atoms with Gasteiger partial charge >= 0.3 is 6.36 Å². The monoisotopic (exact) mass is 442 g/mol. The molecule has 1 heterocycles. The fourth-order valence-corrected chi connectivity index (χ4v) is 3.77. The van der Waals surface area contributed by atoms with E-state index >= 15 is 0 Å². The number of nitrogens with one attached hydrogen (secondary N) is 2. The van der Waals surface area contributed by atoms with Gasteiger partial charge in [-0.05, 0) is 42.0 Å². The third-order valence-corrected chi connectivity index (χ3v) is 5.32. The van der Waals surface area contributed by atoms with Gasteiger partial charge in [0, 0.05) is 24.2 Å². The number of piperidine rings is 1. The summed E-state index contributed by atoms with van der Waals surface area (Å²) >= 11 is 0. The summed E-state index contributed by atoms with van der Waals surface area (Å²) in [6.45, 7) is 7.37. The molecule has 2 atom stereocenters. The minimum atomic E-state index is -4.71. The maximum absolute atomic E-state index is 12.9. The number of halogens is 4. The van der Waals surface area contributed by atoms with Crippen molar-refractivity contribution in [3.8, 4) is 5.75 Å². The minimum absolute atomic E-state index is 0. The van der Waals surface area contributed by atoms with Crippen LogP contribution in [0.1, 0.15) is 56.3 Å². The average molecular weight is 443 g/mol. The smallest absolute Gasteiger partial charge is 0.405 e. The molecule has 1 fully saturated rings. The van der Waals surface area contributed by atoms with Gasteiger partial charge in [-0.15, -0.1) is 25.6 Å². The molecule has 0 saturated carbocycles. The summed E-state index contributed by atoms with van der Waals surface area (Å²) < 4.78 is 42.9. The number of rotatable bonds is 5. The summed E-state index contributed by atoms with van der Waals surface area (Å²) in [7, 11) is 0. The fraction of sp³-hybridized carbons (Fsp3) is 0.478. The molecule has 7 heteroatoms. The van der Waals surface area contributed by atoms with Crippen molar-refractivity contribution in [2.45, 2.75) is 64.0 Å². The summed E-state index contributed by atoms with van der Waals surface area (Å²) in [6.07, 6.45) is -2.73. The first kappa shape index (κ1) is 24.5. The molecule has 3 nitrogen and oxygen atoms in total. The molecule has 2 N–H and O–H groups in total. The summed E-state index contributed by atoms with van der Waals surface area (Å²) in [4.78, 5) is 0. The van der Waals surface area contributed by atoms with Gasteiger partial charge in [0.1, 0.15) is 5.75 Å². The van der Waals surface area contributed by atoms with E-state index in [1.807, 2.05) is 45.0 Å². The molecule has 1 aliphatic heterocycles. The highest BCUT2D eigenvalue weighted by molar-refractivity contribution is 5.85. The molecule has 0 radical (unpaired) electrons. The van der Waals surface area contributed by atoms with Gasteiger partial charge in [-0.25, -0.2) is 0 Å². The molecule has 3 rings (SSSR count). The highest BCUT2D eigenvalue weighted by Gasteiger charge is 2.33. The molecule has 0 bridgehead atoms. The number of benzene rings is 2. The van der Waals surface area contributed by atoms with E-state index in [1.54, 1.807) is 6.07 Å². The summed E-state index contributed by atoms with van der Waals surface area (Å²) in [5.74, 6) is -0.141. The quantitative estimate of drug-likeness (QED) is 0.606. The van der Waals surface area contributed by atoms with Gasteiger partial charge in [0.05, 0.1) is 0 Å². The van der Waals surface area contributed by atoms with Crippen LogP contribution in [0.3, 0.4) is 0 Å². The van der Waals surface area contributed by atoms with Gasteiger partial charge in [0.15, 0.2) is 0 Å². The molecule has 2 aromatic carbocycles. The van der Waals surface area contributed by atoms with Crippen molar-refractivity contribution in [2.75, 3.05) is 6.54 Å². The summed E-state index contributed by atoms with van der Waals surface area (Å²) in [6, 6.07) is 15.4. The van der Waals surface area contributed by atoms with Crippen molar-refractivity contribution < 1.29 is 17.9 Å². The highest BCUT2D eigenvalue weighted by Crippen LogP contribution is 2.32. The van der Waals surface area contributed by atoms with E-state index in [9.17, 15) is 13.2 Å². The van der Waals surface area contributed by atoms with E-state index in [2.05, 4.69) is 27.5 Å². The third kappa shape index (κ3) is 6.62. The Morgan fingerprint density at radius 1 is 1.07 bits per heavy atom. The largest absolute Gasteiger partial charge is 0.573 e. The lowest BCUT2D eigenvalue weighted by Crippen LogP contribution is -2.45. The van der Waals surface area contributed by atoms with E-state index in [-0.39, 0.29) is 35.7 Å². The summed E-state index contributed by atoms with van der Waals surface area (Å²) in [5, 5.41) is 7.02. The Morgan fingerprint density at radius 2 is 1.77 bits per heavy atom. The number of hydrogen-bond donors (Lipinski definition) is 2. The molecule has 0 aromatic heterocycles. The van der Waals surface area contributed by atoms with E-state index in [0.29, 0.717) is 12.1 Å². The van der Waals surface area contributed by atoms with Crippen LogP contribution in [0, 0.1) is 0 Å². The Kier molecular flexibility index (Phi) is 8.20. The standard InChI is InChI=1S/C23H29F3N2O.ClH/c1-22(2,3)18-11-12-20(29-23(24,25)26)17(14-18)15-28-19-10-7-13-27-21(19)16-8-5-4-6-9-16;/h4-6,8-9,11-12,14,19,21,27-28H,7,10,13,15H2,1-3H3;1H. The van der Waals surface area contributed by atoms with E-state index in [0.717, 1.165) is 24.9 Å². The van der Waals surface area contributed by atoms with Crippen LogP contribution in [0.25, 0.3) is 0 Å². The Labute approximate surface area is 182 Å². The van der Waals surface area contributed by atoms with Crippen molar-refractivity contribution in [2.24, 2.45) is 0 Å². The first-order valence-electron chi connectivity index (χ1n) is 10.0. The lowest BCUT2D eigenvalue weighted by atomic mass is 9.86. The van der Waals surface area contributed by atoms with Gasteiger partial charge in [-0.1, -0.05) is 63.2 Å². The number of hydrogen-bond acceptors (Lipinski definition) is 3. The maximum atomic E-state index is 12.9. The molecular weight excluding hydrogens is 413 g/mol. The SMILES string of the molecule is CC(C)(C)c1ccc(OC(F)(F)F)c(CNC2CCCNC2c2ccccc2)c1.Cl. The highest BCUT2D eigenvalue weighted by atomic mass is 35.5. The second kappa shape index (κ2) is 10.0. The molecule has 30 heavy (non-hydrogen) atoms. The van der Waals surface area contributed by atoms with Crippen LogP contribution in [0.2, 0.25) is 0 Å². The first-order chi connectivity index (χ1) is 13.6. The molecule has 0 amide bonds. The first-order valence-corrected chi connectivity index (χ1v) is 10.0. The number of alkyl halides is 3. The lowest BCUT2D eigenvalue weighted by Gasteiger charge is -2.34. The topological polar surface area (TPSA) is 33.3 Å². The molecular formula is C23H30ClF3N2O. The van der Waals surface area contributed by atoms with Crippen molar-refractivity contribution in [3.63, 3.8) is 0 Å². The fourth-order valence-electron chi connectivity index (χ4n) is 3.77. The van der Waals surface area contributed by atoms with E-state index in [4.69, 9.17) is 0 Å². The Balaban J connectivity index is 0.00000320. The molecule has 1 saturated heterocycles. The predicted octanol–water partition coefficient (Wildman–Crippen LogP) is 5.89. The van der Waals surface area contributed by atoms with Gasteiger partial charge in [-0.2, -0.15) is 0 Å². The molecule has 0 aliphatic carbocycles. The van der Waals surface area contributed by atoms with Gasteiger partial charge in [0.2, 0.25) is 0 Å². The average Bonchev–Trinajstić information content (AvgIpc) is 2.66. The second-order valence-electron chi connectivity index (χ2n) is 8.59. The number of ether oxygens (including phenoxy) is 1. The van der Waals surface area contributed by atoms with Crippen LogP contribution < -0.4 is 15.4 Å². The maximum Gasteiger partial charge on any atom is 0.573 e. The van der Waals surface area contributed by atoms with Crippen LogP contribution in [-0.4, -0.2) is 18.9 Å². The van der Waals surface area contributed by atoms with Crippen molar-refractivity contribution in [1.29, 1.82) is 0 Å². The molecule has 1 aliphatic rings. The molecule has 0 spiro atoms. The minimum Gasteiger partial charge on any atom is -0.405 e. The predicted molar refractivity (Wildman–Crippen MR) is 116 cm³/mol. The van der Waals surface area contributed by atoms with Crippen LogP contribution in [-0.2, 0) is 12.0 Å². The zero-order valence-electron chi connectivity index (χ0n) is 17.6. The van der Waals surface area contributed by atoms with Crippen LogP contribution >= 0.6 is 12.4 Å². The van der Waals surface area contributed by atoms with Crippen LogP contribution in [0.4, 0.5) is 13.2 Å². The zero-order valence-corrected chi connectivity index (χ0v) is 18.4. The van der Waals surface area contributed by atoms with Crippen LogP contribution in [0.5, 0.6) is 5.75 Å². The normalized spacial score (nSPS) is 19.8. The molecule has 166 valence electrons. The Morgan fingerprint density at radius 3 is 2.40 bits per heavy atom. The van der Waals surface area contributed by atoms with Crippen molar-refractivity contribution >= 4 is 12.4 Å². The van der Waals surface area contributed by atoms with Gasteiger partial charge < -0.3 is 15.4 Å². The summed E-state index contributed by atoms with van der Waals surface area (Å²) in [5.41, 5.74) is 2.52. The van der Waals surface area contributed by atoms with E-state index in [1.165, 1.54) is 11.6 Å². The van der Waals surface area contributed by atoms with Gasteiger partial charge in [-0.3, -0.25) is 0 Å². The zero-order chi connectivity index (χ0) is 21.1. The van der Waals surface area contributed by atoms with Crippen LogP contribution in [0.15, 0.2) is 48.5 Å². The Bertz CT molecular complexity index is 806. The molecule has 2 unspecified atom stereocenters. The lowest BCUT2D eigenvalue weighted by molar-refractivity contribution is -0.274. The third-order valence-electron chi connectivity index (χ3n) is 5.32. The van der Waals surface area contributed by atoms with E-state index < -0.39 is 6.36 Å². The van der Waals surface area contributed by atoms with Gasteiger partial charge in [0.25, 0.3) is 0 Å². The Hall–Kier alpha value is -1.76. The van der Waals surface area contributed by atoms with Crippen molar-refractivity contribution in [3.05, 3.63) is 65.2 Å². The second-order valence-corrected chi connectivity index (χ2v) is 8.59. The molecule has 2 aromatic rings. The van der Waals surface area contributed by atoms with Crippen molar-refractivity contribution in [1.82, 2.24) is 10.6 Å².